The second-order valence-electron chi connectivity index (χ2n) is 5.83. The first kappa shape index (κ1) is 13.7. The highest BCUT2D eigenvalue weighted by Gasteiger charge is 2.40. The lowest BCUT2D eigenvalue weighted by Gasteiger charge is -2.23. The predicted octanol–water partition coefficient (Wildman–Crippen LogP) is 3.66. The van der Waals surface area contributed by atoms with Gasteiger partial charge in [0.2, 0.25) is 0 Å². The molecule has 3 rings (SSSR count). The summed E-state index contributed by atoms with van der Waals surface area (Å²) in [6.45, 7) is 2.47. The lowest BCUT2D eigenvalue weighted by Crippen LogP contribution is -2.38. The van der Waals surface area contributed by atoms with Gasteiger partial charge in [0.1, 0.15) is 5.75 Å². The van der Waals surface area contributed by atoms with Crippen LogP contribution in [0.15, 0.2) is 18.2 Å². The van der Waals surface area contributed by atoms with E-state index in [4.69, 9.17) is 16.3 Å². The molecular formula is C16H20ClNO2. The largest absolute Gasteiger partial charge is 0.492 e. The van der Waals surface area contributed by atoms with Gasteiger partial charge in [0.15, 0.2) is 0 Å². The van der Waals surface area contributed by atoms with E-state index in [1.807, 2.05) is 6.92 Å². The van der Waals surface area contributed by atoms with Gasteiger partial charge >= 0.3 is 0 Å². The fourth-order valence-electron chi connectivity index (χ4n) is 3.59. The number of fused-ring (bicyclic) bond motifs is 2. The highest BCUT2D eigenvalue weighted by Crippen LogP contribution is 2.44. The number of rotatable bonds is 4. The Labute approximate surface area is 124 Å². The van der Waals surface area contributed by atoms with Gasteiger partial charge in [0.05, 0.1) is 11.6 Å². The number of halogens is 1. The molecule has 20 heavy (non-hydrogen) atoms. The molecule has 1 N–H and O–H groups in total. The minimum Gasteiger partial charge on any atom is -0.492 e. The Hall–Kier alpha value is -1.22. The molecule has 0 heterocycles. The molecule has 0 aliphatic heterocycles. The van der Waals surface area contributed by atoms with E-state index in [2.05, 4.69) is 5.32 Å². The van der Waals surface area contributed by atoms with E-state index < -0.39 is 0 Å². The molecule has 2 saturated carbocycles. The average molecular weight is 294 g/mol. The smallest absolute Gasteiger partial charge is 0.251 e. The normalized spacial score (nSPS) is 27.6. The van der Waals surface area contributed by atoms with E-state index in [0.29, 0.717) is 34.9 Å². The summed E-state index contributed by atoms with van der Waals surface area (Å²) in [4.78, 5) is 12.3. The van der Waals surface area contributed by atoms with Gasteiger partial charge in [0.25, 0.3) is 5.91 Å². The van der Waals surface area contributed by atoms with Crippen LogP contribution in [-0.2, 0) is 0 Å². The van der Waals surface area contributed by atoms with Crippen LogP contribution in [0.25, 0.3) is 0 Å². The Balaban J connectivity index is 1.66. The number of benzene rings is 1. The maximum atomic E-state index is 12.3. The second kappa shape index (κ2) is 5.65. The van der Waals surface area contributed by atoms with E-state index in [-0.39, 0.29) is 5.91 Å². The first-order chi connectivity index (χ1) is 9.67. The fraction of sp³-hybridized carbons (Fsp3) is 0.562. The van der Waals surface area contributed by atoms with Gasteiger partial charge in [-0.25, -0.2) is 0 Å². The number of amides is 1. The van der Waals surface area contributed by atoms with Crippen molar-refractivity contribution in [1.82, 2.24) is 5.32 Å². The Morgan fingerprint density at radius 1 is 1.40 bits per heavy atom. The zero-order chi connectivity index (χ0) is 14.1. The van der Waals surface area contributed by atoms with E-state index in [1.165, 1.54) is 19.3 Å². The summed E-state index contributed by atoms with van der Waals surface area (Å²) in [6, 6.07) is 5.59. The molecular weight excluding hydrogens is 274 g/mol. The zero-order valence-corrected chi connectivity index (χ0v) is 12.5. The van der Waals surface area contributed by atoms with Crippen LogP contribution in [0, 0.1) is 11.8 Å². The van der Waals surface area contributed by atoms with Crippen molar-refractivity contribution in [2.24, 2.45) is 11.8 Å². The molecule has 1 aromatic rings. The summed E-state index contributed by atoms with van der Waals surface area (Å²) in [6.07, 6.45) is 5.03. The van der Waals surface area contributed by atoms with Crippen LogP contribution in [0.4, 0.5) is 0 Å². The predicted molar refractivity (Wildman–Crippen MR) is 79.3 cm³/mol. The SMILES string of the molecule is CCOc1ccc(C(=O)N[C@H]2C[C@H]3CC[C@H]2C3)cc1Cl. The van der Waals surface area contributed by atoms with Gasteiger partial charge < -0.3 is 10.1 Å². The maximum Gasteiger partial charge on any atom is 0.251 e. The Morgan fingerprint density at radius 3 is 2.85 bits per heavy atom. The van der Waals surface area contributed by atoms with Crippen molar-refractivity contribution in [2.75, 3.05) is 6.61 Å². The lowest BCUT2D eigenvalue weighted by molar-refractivity contribution is 0.0923. The monoisotopic (exact) mass is 293 g/mol. The van der Waals surface area contributed by atoms with Crippen molar-refractivity contribution in [1.29, 1.82) is 0 Å². The molecule has 3 atom stereocenters. The lowest BCUT2D eigenvalue weighted by atomic mass is 9.95. The molecule has 2 bridgehead atoms. The van der Waals surface area contributed by atoms with Gasteiger partial charge in [-0.3, -0.25) is 4.79 Å². The van der Waals surface area contributed by atoms with Crippen LogP contribution in [-0.4, -0.2) is 18.6 Å². The maximum absolute atomic E-state index is 12.3. The minimum absolute atomic E-state index is 0.0208. The van der Waals surface area contributed by atoms with E-state index in [0.717, 1.165) is 12.3 Å². The Bertz CT molecular complexity index is 517. The number of ether oxygens (including phenoxy) is 1. The highest BCUT2D eigenvalue weighted by atomic mass is 35.5. The molecule has 2 aliphatic carbocycles. The third kappa shape index (κ3) is 2.64. The minimum atomic E-state index is -0.0208. The Morgan fingerprint density at radius 2 is 2.25 bits per heavy atom. The van der Waals surface area contributed by atoms with Gasteiger partial charge in [-0.15, -0.1) is 0 Å². The summed E-state index contributed by atoms with van der Waals surface area (Å²) in [5, 5.41) is 3.66. The second-order valence-corrected chi connectivity index (χ2v) is 6.24. The van der Waals surface area contributed by atoms with Crippen LogP contribution < -0.4 is 10.1 Å². The van der Waals surface area contributed by atoms with Crippen molar-refractivity contribution in [3.63, 3.8) is 0 Å². The van der Waals surface area contributed by atoms with Crippen LogP contribution >= 0.6 is 11.6 Å². The number of hydrogen-bond acceptors (Lipinski definition) is 2. The number of carbonyl (C=O) groups excluding carboxylic acids is 1. The quantitative estimate of drug-likeness (QED) is 0.920. The van der Waals surface area contributed by atoms with Gasteiger partial charge in [-0.1, -0.05) is 18.0 Å². The van der Waals surface area contributed by atoms with E-state index in [9.17, 15) is 4.79 Å². The van der Waals surface area contributed by atoms with Crippen LogP contribution in [0.5, 0.6) is 5.75 Å². The first-order valence-electron chi connectivity index (χ1n) is 7.40. The molecule has 2 fully saturated rings. The van der Waals surface area contributed by atoms with Gasteiger partial charge in [-0.2, -0.15) is 0 Å². The molecule has 3 nitrogen and oxygen atoms in total. The van der Waals surface area contributed by atoms with Crippen molar-refractivity contribution < 1.29 is 9.53 Å². The molecule has 0 radical (unpaired) electrons. The van der Waals surface area contributed by atoms with Crippen LogP contribution in [0.1, 0.15) is 43.0 Å². The third-order valence-electron chi connectivity index (χ3n) is 4.55. The summed E-state index contributed by atoms with van der Waals surface area (Å²) in [7, 11) is 0. The molecule has 2 aliphatic rings. The number of hydrogen-bond donors (Lipinski definition) is 1. The molecule has 1 aromatic carbocycles. The van der Waals surface area contributed by atoms with Crippen molar-refractivity contribution >= 4 is 17.5 Å². The summed E-state index contributed by atoms with van der Waals surface area (Å²) in [5.74, 6) is 2.12. The van der Waals surface area contributed by atoms with Gasteiger partial charge in [0, 0.05) is 11.6 Å². The van der Waals surface area contributed by atoms with Crippen molar-refractivity contribution in [3.8, 4) is 5.75 Å². The molecule has 0 unspecified atom stereocenters. The molecule has 4 heteroatoms. The fourth-order valence-corrected chi connectivity index (χ4v) is 3.82. The molecule has 0 spiro atoms. The molecule has 108 valence electrons. The molecule has 0 saturated heterocycles. The molecule has 1 amide bonds. The first-order valence-corrected chi connectivity index (χ1v) is 7.78. The zero-order valence-electron chi connectivity index (χ0n) is 11.7. The van der Waals surface area contributed by atoms with Crippen molar-refractivity contribution in [2.45, 2.75) is 38.6 Å². The highest BCUT2D eigenvalue weighted by molar-refractivity contribution is 6.32. The van der Waals surface area contributed by atoms with Crippen LogP contribution in [0.3, 0.4) is 0 Å². The number of carbonyl (C=O) groups is 1. The average Bonchev–Trinajstić information content (AvgIpc) is 3.03. The standard InChI is InChI=1S/C16H20ClNO2/c1-2-20-15-6-5-12(9-13(15)17)16(19)18-14-8-10-3-4-11(14)7-10/h5-6,9-11,14H,2-4,7-8H2,1H3,(H,18,19)/t10-,11-,14-/m0/s1. The summed E-state index contributed by atoms with van der Waals surface area (Å²) < 4.78 is 5.38. The van der Waals surface area contributed by atoms with Crippen LogP contribution in [0.2, 0.25) is 5.02 Å². The van der Waals surface area contributed by atoms with Crippen molar-refractivity contribution in [3.05, 3.63) is 28.8 Å². The Kier molecular flexibility index (Phi) is 3.88. The van der Waals surface area contributed by atoms with E-state index >= 15 is 0 Å². The summed E-state index contributed by atoms with van der Waals surface area (Å²) in [5.41, 5.74) is 0.612. The third-order valence-corrected chi connectivity index (χ3v) is 4.84. The number of nitrogens with one attached hydrogen (secondary N) is 1. The topological polar surface area (TPSA) is 38.3 Å². The summed E-state index contributed by atoms with van der Waals surface area (Å²) >= 11 is 6.13. The van der Waals surface area contributed by atoms with Gasteiger partial charge in [-0.05, 0) is 56.2 Å². The molecule has 0 aromatic heterocycles. The van der Waals surface area contributed by atoms with E-state index in [1.54, 1.807) is 18.2 Å².